The van der Waals surface area contributed by atoms with Crippen molar-refractivity contribution in [1.82, 2.24) is 0 Å². The predicted molar refractivity (Wildman–Crippen MR) is 123 cm³/mol. The first-order valence-electron chi connectivity index (χ1n) is 11.2. The lowest BCUT2D eigenvalue weighted by atomic mass is 9.44. The topological polar surface area (TPSA) is 57.5 Å². The lowest BCUT2D eigenvalue weighted by molar-refractivity contribution is -0.151. The fraction of sp³-hybridized carbons (Fsp3) is 0.708. The summed E-state index contributed by atoms with van der Waals surface area (Å²) in [6, 6.07) is 3.78. The van der Waals surface area contributed by atoms with E-state index in [4.69, 9.17) is 0 Å². The molecule has 0 radical (unpaired) electrons. The molecule has 1 aliphatic heterocycles. The number of hydrogen-bond acceptors (Lipinski definition) is 5. The first-order chi connectivity index (χ1) is 13.8. The quantitative estimate of drug-likeness (QED) is 0.485. The Morgan fingerprint density at radius 1 is 1.07 bits per heavy atom. The van der Waals surface area contributed by atoms with Gasteiger partial charge in [-0.1, -0.05) is 46.5 Å². The van der Waals surface area contributed by atoms with Gasteiger partial charge in [0.25, 0.3) is 0 Å². The van der Waals surface area contributed by atoms with Gasteiger partial charge in [0.15, 0.2) is 0 Å². The molecule has 3 aliphatic carbocycles. The van der Waals surface area contributed by atoms with Crippen LogP contribution < -0.4 is 0 Å². The first kappa shape index (κ1) is 21.4. The van der Waals surface area contributed by atoms with Crippen molar-refractivity contribution in [1.29, 1.82) is 0 Å². The van der Waals surface area contributed by atoms with Crippen molar-refractivity contribution >= 4 is 29.3 Å². The second-order valence-corrected chi connectivity index (χ2v) is 12.7. The van der Waals surface area contributed by atoms with Gasteiger partial charge >= 0.3 is 0 Å². The maximum absolute atomic E-state index is 12.6. The molecular formula is C24H34O3S2. The minimum absolute atomic E-state index is 0.0325. The fourth-order valence-electron chi connectivity index (χ4n) is 5.91. The van der Waals surface area contributed by atoms with Crippen molar-refractivity contribution in [3.05, 3.63) is 23.3 Å². The van der Waals surface area contributed by atoms with Crippen LogP contribution in [-0.4, -0.2) is 27.5 Å². The Labute approximate surface area is 183 Å². The molecule has 1 saturated heterocycles. The van der Waals surface area contributed by atoms with Crippen LogP contribution in [0.4, 0.5) is 0 Å². The normalized spacial score (nSPS) is 29.6. The maximum atomic E-state index is 12.6. The molecule has 5 heteroatoms. The van der Waals surface area contributed by atoms with Gasteiger partial charge in [-0.2, -0.15) is 0 Å². The van der Waals surface area contributed by atoms with Crippen LogP contribution in [0.15, 0.2) is 12.1 Å². The number of hydrogen-bond donors (Lipinski definition) is 2. The Morgan fingerprint density at radius 2 is 1.72 bits per heavy atom. The van der Waals surface area contributed by atoms with E-state index in [1.54, 1.807) is 0 Å². The lowest BCUT2D eigenvalue weighted by Crippen LogP contribution is -2.56. The number of Topliss-reactive ketones (excluding diaryl/α,β-unsaturated/α-hetero) is 1. The number of aromatic hydroxyl groups is 2. The summed E-state index contributed by atoms with van der Waals surface area (Å²) in [6.07, 6.45) is 7.30. The third kappa shape index (κ3) is 3.60. The summed E-state index contributed by atoms with van der Waals surface area (Å²) in [4.78, 5) is 12.6. The number of carbonyl (C=O) groups is 1. The Hall–Kier alpha value is -0.810. The minimum Gasteiger partial charge on any atom is -0.508 e. The highest BCUT2D eigenvalue weighted by atomic mass is 32.2. The van der Waals surface area contributed by atoms with Gasteiger partial charge in [0.05, 0.1) is 4.08 Å². The van der Waals surface area contributed by atoms with Crippen molar-refractivity contribution in [3.8, 4) is 11.5 Å². The van der Waals surface area contributed by atoms with Crippen LogP contribution >= 0.6 is 23.5 Å². The van der Waals surface area contributed by atoms with Crippen LogP contribution in [0.2, 0.25) is 0 Å². The number of thioether (sulfide) groups is 2. The molecule has 2 unspecified atom stereocenters. The summed E-state index contributed by atoms with van der Waals surface area (Å²) in [5.41, 5.74) is 1.61. The van der Waals surface area contributed by atoms with Crippen LogP contribution in [0.3, 0.4) is 0 Å². The Bertz CT molecular complexity index is 759. The van der Waals surface area contributed by atoms with Gasteiger partial charge < -0.3 is 10.2 Å². The highest BCUT2D eigenvalue weighted by molar-refractivity contribution is 8.20. The summed E-state index contributed by atoms with van der Waals surface area (Å²) in [7, 11) is 0. The average Bonchev–Trinajstić information content (AvgIpc) is 3.14. The molecule has 1 aromatic carbocycles. The Balaban J connectivity index is 1.62. The standard InChI is InChI=1S/C24H34O3S2/c1-4-5-6-7-8-24(28-9-10-29-24)15-11-20(26)22(21(27)12-15)16-13-19(25)18-14-17(16)23(18,2)3/h11-12,16-18,26-27H,4-10,13-14H2,1-3H3/t16-,17?,18?/m1/s1. The number of benzene rings is 1. The Kier molecular flexibility index (Phi) is 5.93. The van der Waals surface area contributed by atoms with Crippen molar-refractivity contribution in [2.75, 3.05) is 11.5 Å². The highest BCUT2D eigenvalue weighted by Crippen LogP contribution is 2.65. The van der Waals surface area contributed by atoms with Gasteiger partial charge in [-0.05, 0) is 41.9 Å². The predicted octanol–water partition coefficient (Wildman–Crippen LogP) is 6.42. The van der Waals surface area contributed by atoms with Gasteiger partial charge in [-0.25, -0.2) is 0 Å². The van der Waals surface area contributed by atoms with Crippen LogP contribution in [0, 0.1) is 17.3 Å². The van der Waals surface area contributed by atoms with E-state index >= 15 is 0 Å². The van der Waals surface area contributed by atoms with E-state index in [2.05, 4.69) is 20.8 Å². The van der Waals surface area contributed by atoms with E-state index in [0.717, 1.165) is 29.9 Å². The zero-order valence-corrected chi connectivity index (χ0v) is 19.5. The number of phenols is 2. The molecule has 0 amide bonds. The molecule has 29 heavy (non-hydrogen) atoms. The molecule has 2 N–H and O–H groups in total. The Morgan fingerprint density at radius 3 is 2.28 bits per heavy atom. The molecule has 160 valence electrons. The molecule has 2 bridgehead atoms. The number of ketones is 1. The zero-order chi connectivity index (χ0) is 20.8. The van der Waals surface area contributed by atoms with Gasteiger partial charge in [0.1, 0.15) is 17.3 Å². The maximum Gasteiger partial charge on any atom is 0.137 e. The number of phenolic OH excluding ortho intramolecular Hbond substituents is 2. The monoisotopic (exact) mass is 434 g/mol. The van der Waals surface area contributed by atoms with Gasteiger partial charge in [0, 0.05) is 35.3 Å². The number of unbranched alkanes of at least 4 members (excludes halogenated alkanes) is 3. The second kappa shape index (κ2) is 8.03. The van der Waals surface area contributed by atoms with Crippen LogP contribution in [0.5, 0.6) is 11.5 Å². The first-order valence-corrected chi connectivity index (χ1v) is 13.1. The summed E-state index contributed by atoms with van der Waals surface area (Å²) >= 11 is 3.91. The number of fused-ring (bicyclic) bond motifs is 2. The van der Waals surface area contributed by atoms with Gasteiger partial charge in [-0.15, -0.1) is 23.5 Å². The highest BCUT2D eigenvalue weighted by Gasteiger charge is 2.59. The van der Waals surface area contributed by atoms with Crippen LogP contribution in [0.1, 0.15) is 82.8 Å². The number of carbonyl (C=O) groups excluding carboxylic acids is 1. The molecular weight excluding hydrogens is 400 g/mol. The third-order valence-corrected chi connectivity index (χ3v) is 11.3. The van der Waals surface area contributed by atoms with Crippen LogP contribution in [0.25, 0.3) is 0 Å². The van der Waals surface area contributed by atoms with Crippen molar-refractivity contribution in [3.63, 3.8) is 0 Å². The largest absolute Gasteiger partial charge is 0.508 e. The molecule has 3 saturated carbocycles. The summed E-state index contributed by atoms with van der Waals surface area (Å²) < 4.78 is -0.0650. The van der Waals surface area contributed by atoms with E-state index in [1.165, 1.54) is 25.7 Å². The van der Waals surface area contributed by atoms with Crippen LogP contribution in [-0.2, 0) is 8.87 Å². The van der Waals surface area contributed by atoms with Crippen molar-refractivity contribution in [2.24, 2.45) is 17.3 Å². The molecule has 0 spiro atoms. The van der Waals surface area contributed by atoms with E-state index in [-0.39, 0.29) is 32.8 Å². The molecule has 0 aromatic heterocycles. The summed E-state index contributed by atoms with van der Waals surface area (Å²) in [5.74, 6) is 3.31. The lowest BCUT2D eigenvalue weighted by Gasteiger charge is -2.59. The average molecular weight is 435 g/mol. The molecule has 1 heterocycles. The molecule has 3 nitrogen and oxygen atoms in total. The van der Waals surface area contributed by atoms with E-state index in [0.29, 0.717) is 23.7 Å². The molecule has 4 fully saturated rings. The number of rotatable bonds is 7. The smallest absolute Gasteiger partial charge is 0.137 e. The van der Waals surface area contributed by atoms with Gasteiger partial charge in [-0.3, -0.25) is 4.79 Å². The molecule has 3 atom stereocenters. The third-order valence-electron chi connectivity index (χ3n) is 7.70. The van der Waals surface area contributed by atoms with E-state index in [9.17, 15) is 15.0 Å². The minimum atomic E-state index is -0.0686. The van der Waals surface area contributed by atoms with E-state index in [1.807, 2.05) is 35.7 Å². The molecule has 1 aromatic rings. The zero-order valence-electron chi connectivity index (χ0n) is 17.9. The summed E-state index contributed by atoms with van der Waals surface area (Å²) in [6.45, 7) is 6.55. The van der Waals surface area contributed by atoms with Crippen molar-refractivity contribution < 1.29 is 15.0 Å². The SMILES string of the molecule is CCCCCCC1(c2cc(O)c([C@@H]3CC(=O)C4CC3C4(C)C)c(O)c2)SCCS1. The fourth-order valence-corrected chi connectivity index (χ4v) is 9.22. The van der Waals surface area contributed by atoms with E-state index < -0.39 is 0 Å². The molecule has 5 rings (SSSR count). The summed E-state index contributed by atoms with van der Waals surface area (Å²) in [5, 5.41) is 22.0. The molecule has 4 aliphatic rings. The second-order valence-electron chi connectivity index (χ2n) is 9.68. The van der Waals surface area contributed by atoms with Gasteiger partial charge in [0.2, 0.25) is 0 Å². The van der Waals surface area contributed by atoms with Crippen molar-refractivity contribution in [2.45, 2.75) is 75.7 Å².